The lowest BCUT2D eigenvalue weighted by Gasteiger charge is -2.25. The first-order valence-electron chi connectivity index (χ1n) is 10.4. The minimum Gasteiger partial charge on any atom is -0.507 e. The van der Waals surface area contributed by atoms with Gasteiger partial charge in [0.15, 0.2) is 16.6 Å². The van der Waals surface area contributed by atoms with E-state index in [-0.39, 0.29) is 11.3 Å². The molecule has 176 valence electrons. The van der Waals surface area contributed by atoms with Crippen LogP contribution in [0.25, 0.3) is 5.76 Å². The Kier molecular flexibility index (Phi) is 6.30. The third-order valence-electron chi connectivity index (χ3n) is 5.76. The summed E-state index contributed by atoms with van der Waals surface area (Å²) in [6.07, 6.45) is 0. The Morgan fingerprint density at radius 1 is 1.00 bits per heavy atom. The molecule has 1 fully saturated rings. The van der Waals surface area contributed by atoms with Crippen LogP contribution in [0.5, 0.6) is 17.2 Å². The molecule has 0 radical (unpaired) electrons. The monoisotopic (exact) mass is 480 g/mol. The molecule has 34 heavy (non-hydrogen) atoms. The molecule has 1 aromatic heterocycles. The highest BCUT2D eigenvalue weighted by molar-refractivity contribution is 7.16. The van der Waals surface area contributed by atoms with Gasteiger partial charge in [-0.3, -0.25) is 14.5 Å². The number of rotatable bonds is 6. The second kappa shape index (κ2) is 9.18. The minimum absolute atomic E-state index is 0.0628. The van der Waals surface area contributed by atoms with E-state index in [1.54, 1.807) is 42.5 Å². The van der Waals surface area contributed by atoms with Gasteiger partial charge in [-0.15, -0.1) is 11.3 Å². The predicted molar refractivity (Wildman–Crippen MR) is 129 cm³/mol. The van der Waals surface area contributed by atoms with E-state index < -0.39 is 17.7 Å². The molecule has 1 amide bonds. The number of hydrogen-bond acceptors (Lipinski definition) is 8. The van der Waals surface area contributed by atoms with Gasteiger partial charge in [-0.2, -0.15) is 0 Å². The van der Waals surface area contributed by atoms with Crippen molar-refractivity contribution in [2.24, 2.45) is 0 Å². The van der Waals surface area contributed by atoms with E-state index in [1.165, 1.54) is 37.6 Å². The lowest BCUT2D eigenvalue weighted by atomic mass is 9.94. The fraction of sp³-hybridized carbons (Fsp3) is 0.240. The van der Waals surface area contributed by atoms with Crippen molar-refractivity contribution >= 4 is 33.9 Å². The van der Waals surface area contributed by atoms with Crippen molar-refractivity contribution in [1.82, 2.24) is 4.98 Å². The van der Waals surface area contributed by atoms with Crippen LogP contribution < -0.4 is 19.1 Å². The van der Waals surface area contributed by atoms with Crippen molar-refractivity contribution in [3.8, 4) is 17.2 Å². The number of benzene rings is 2. The number of ketones is 1. The molecule has 0 aliphatic carbocycles. The molecular weight excluding hydrogens is 456 g/mol. The SMILES string of the molecule is COc1ccc(/C(O)=C2\C(=O)C(=O)N(c3nc(C)c(C)s3)[C@@H]2c2cccc(OC)c2OC)cc1. The Morgan fingerprint density at radius 3 is 2.26 bits per heavy atom. The number of Topliss-reactive ketones (excluding diaryl/α,β-unsaturated/α-hetero) is 1. The lowest BCUT2D eigenvalue weighted by molar-refractivity contribution is -0.132. The van der Waals surface area contributed by atoms with Gasteiger partial charge in [-0.25, -0.2) is 4.98 Å². The summed E-state index contributed by atoms with van der Waals surface area (Å²) >= 11 is 1.30. The molecule has 4 rings (SSSR count). The summed E-state index contributed by atoms with van der Waals surface area (Å²) in [6.45, 7) is 3.73. The number of carbonyl (C=O) groups is 2. The number of methoxy groups -OCH3 is 3. The summed E-state index contributed by atoms with van der Waals surface area (Å²) in [5.41, 5.74) is 1.56. The summed E-state index contributed by atoms with van der Waals surface area (Å²) in [4.78, 5) is 33.4. The third-order valence-corrected chi connectivity index (χ3v) is 6.83. The zero-order valence-corrected chi connectivity index (χ0v) is 20.2. The summed E-state index contributed by atoms with van der Waals surface area (Å²) in [5.74, 6) is -0.512. The van der Waals surface area contributed by atoms with Gasteiger partial charge in [-0.1, -0.05) is 12.1 Å². The van der Waals surface area contributed by atoms with Crippen LogP contribution in [0.4, 0.5) is 5.13 Å². The molecule has 0 bridgehead atoms. The molecule has 1 saturated heterocycles. The zero-order valence-electron chi connectivity index (χ0n) is 19.4. The Hall–Kier alpha value is -3.85. The molecule has 0 spiro atoms. The molecule has 2 heterocycles. The van der Waals surface area contributed by atoms with Crippen LogP contribution in [0.3, 0.4) is 0 Å². The van der Waals surface area contributed by atoms with Gasteiger partial charge >= 0.3 is 5.91 Å². The van der Waals surface area contributed by atoms with Gasteiger partial charge in [-0.05, 0) is 44.2 Å². The van der Waals surface area contributed by atoms with Crippen LogP contribution in [0.1, 0.15) is 27.7 Å². The van der Waals surface area contributed by atoms with Crippen molar-refractivity contribution in [1.29, 1.82) is 0 Å². The first-order chi connectivity index (χ1) is 16.3. The van der Waals surface area contributed by atoms with E-state index in [0.29, 0.717) is 33.5 Å². The molecule has 9 heteroatoms. The van der Waals surface area contributed by atoms with E-state index in [2.05, 4.69) is 4.98 Å². The molecule has 2 aromatic carbocycles. The number of aromatic nitrogens is 1. The zero-order chi connectivity index (χ0) is 24.6. The number of amides is 1. The highest BCUT2D eigenvalue weighted by atomic mass is 32.1. The second-order valence-corrected chi connectivity index (χ2v) is 8.80. The minimum atomic E-state index is -0.975. The Morgan fingerprint density at radius 2 is 1.71 bits per heavy atom. The van der Waals surface area contributed by atoms with Crippen molar-refractivity contribution in [3.05, 3.63) is 69.7 Å². The largest absolute Gasteiger partial charge is 0.507 e. The van der Waals surface area contributed by atoms with Gasteiger partial charge in [0.2, 0.25) is 0 Å². The topological polar surface area (TPSA) is 98.2 Å². The number of ether oxygens (including phenoxy) is 3. The number of nitrogens with zero attached hydrogens (tertiary/aromatic N) is 2. The summed E-state index contributed by atoms with van der Waals surface area (Å²) < 4.78 is 16.2. The van der Waals surface area contributed by atoms with Crippen LogP contribution in [-0.2, 0) is 9.59 Å². The van der Waals surface area contributed by atoms with Crippen LogP contribution >= 0.6 is 11.3 Å². The van der Waals surface area contributed by atoms with Crippen LogP contribution in [0.15, 0.2) is 48.0 Å². The van der Waals surface area contributed by atoms with Crippen molar-refractivity contribution in [2.75, 3.05) is 26.2 Å². The molecule has 1 aliphatic heterocycles. The van der Waals surface area contributed by atoms with Crippen molar-refractivity contribution in [2.45, 2.75) is 19.9 Å². The summed E-state index contributed by atoms with van der Waals surface area (Å²) in [6, 6.07) is 10.8. The molecule has 1 N–H and O–H groups in total. The summed E-state index contributed by atoms with van der Waals surface area (Å²) in [7, 11) is 4.52. The van der Waals surface area contributed by atoms with Crippen molar-refractivity contribution in [3.63, 3.8) is 0 Å². The van der Waals surface area contributed by atoms with E-state index in [4.69, 9.17) is 14.2 Å². The van der Waals surface area contributed by atoms with E-state index >= 15 is 0 Å². The second-order valence-electron chi connectivity index (χ2n) is 7.62. The average molecular weight is 481 g/mol. The first-order valence-corrected chi connectivity index (χ1v) is 11.2. The number of hydrogen-bond donors (Lipinski definition) is 1. The molecule has 3 aromatic rings. The van der Waals surface area contributed by atoms with Gasteiger partial charge in [0.05, 0.1) is 32.6 Å². The van der Waals surface area contributed by atoms with Gasteiger partial charge < -0.3 is 19.3 Å². The molecule has 1 atom stereocenters. The van der Waals surface area contributed by atoms with Crippen LogP contribution in [0, 0.1) is 13.8 Å². The molecule has 1 aliphatic rings. The standard InChI is InChI=1S/C25H24N2O6S/c1-13-14(2)34-25(26-13)27-20(17-7-6-8-18(32-4)23(17)33-5)19(22(29)24(27)30)21(28)15-9-11-16(31-3)12-10-15/h6-12,20,28H,1-5H3/b21-19+/t20-/m1/s1. The molecule has 0 saturated carbocycles. The fourth-order valence-corrected chi connectivity index (χ4v) is 4.85. The van der Waals surface area contributed by atoms with Crippen molar-refractivity contribution < 1.29 is 28.9 Å². The van der Waals surface area contributed by atoms with E-state index in [0.717, 1.165) is 10.6 Å². The van der Waals surface area contributed by atoms with Gasteiger partial charge in [0.25, 0.3) is 5.78 Å². The highest BCUT2D eigenvalue weighted by Crippen LogP contribution is 2.48. The molecule has 8 nitrogen and oxygen atoms in total. The highest BCUT2D eigenvalue weighted by Gasteiger charge is 2.49. The summed E-state index contributed by atoms with van der Waals surface area (Å²) in [5, 5.41) is 11.6. The Bertz CT molecular complexity index is 1280. The van der Waals surface area contributed by atoms with Gasteiger partial charge in [0.1, 0.15) is 17.6 Å². The smallest absolute Gasteiger partial charge is 0.301 e. The number of aliphatic hydroxyl groups is 1. The number of anilines is 1. The van der Waals surface area contributed by atoms with E-state index in [9.17, 15) is 14.7 Å². The van der Waals surface area contributed by atoms with E-state index in [1.807, 2.05) is 13.8 Å². The first kappa shape index (κ1) is 23.3. The maximum atomic E-state index is 13.3. The van der Waals surface area contributed by atoms with Crippen LogP contribution in [-0.4, -0.2) is 43.1 Å². The number of thiazole rings is 1. The maximum absolute atomic E-state index is 13.3. The Labute approximate surface area is 201 Å². The average Bonchev–Trinajstić information content (AvgIpc) is 3.32. The fourth-order valence-electron chi connectivity index (χ4n) is 3.91. The quantitative estimate of drug-likeness (QED) is 0.317. The number of para-hydroxylation sites is 1. The molecular formula is C25H24N2O6S. The maximum Gasteiger partial charge on any atom is 0.301 e. The number of aryl methyl sites for hydroxylation is 2. The number of carbonyl (C=O) groups excluding carboxylic acids is 2. The Balaban J connectivity index is 2.00. The lowest BCUT2D eigenvalue weighted by Crippen LogP contribution is -2.29. The third kappa shape index (κ3) is 3.77. The predicted octanol–water partition coefficient (Wildman–Crippen LogP) is 4.41. The number of aliphatic hydroxyl groups excluding tert-OH is 1. The molecule has 0 unspecified atom stereocenters. The van der Waals surface area contributed by atoms with Crippen LogP contribution in [0.2, 0.25) is 0 Å². The normalized spacial score (nSPS) is 17.2. The van der Waals surface area contributed by atoms with Gasteiger partial charge in [0, 0.05) is 16.0 Å².